The van der Waals surface area contributed by atoms with E-state index in [1.165, 1.54) is 0 Å². The molecule has 0 saturated heterocycles. The van der Waals surface area contributed by atoms with Crippen molar-refractivity contribution in [1.29, 1.82) is 0 Å². The third-order valence-corrected chi connectivity index (χ3v) is 3.52. The van der Waals surface area contributed by atoms with Gasteiger partial charge in [0, 0.05) is 34.0 Å². The summed E-state index contributed by atoms with van der Waals surface area (Å²) in [5.41, 5.74) is 2.67. The number of rotatable bonds is 3. The van der Waals surface area contributed by atoms with Gasteiger partial charge in [0.1, 0.15) is 0 Å². The molecule has 2 N–H and O–H groups in total. The van der Waals surface area contributed by atoms with Crippen LogP contribution in [0, 0.1) is 0 Å². The maximum atomic E-state index is 9.95. The van der Waals surface area contributed by atoms with Gasteiger partial charge in [-0.25, -0.2) is 0 Å². The number of benzene rings is 1. The van der Waals surface area contributed by atoms with Gasteiger partial charge in [-0.1, -0.05) is 15.9 Å². The number of H-pyrrole nitrogens is 1. The van der Waals surface area contributed by atoms with Crippen LogP contribution in [0.2, 0.25) is 0 Å². The smallest absolute Gasteiger partial charge is 0.198 e. The van der Waals surface area contributed by atoms with Crippen molar-refractivity contribution in [2.24, 2.45) is 4.99 Å². The van der Waals surface area contributed by atoms with Gasteiger partial charge < -0.3 is 10.1 Å². The molecule has 0 spiro atoms. The fourth-order valence-electron chi connectivity index (χ4n) is 2.03. The first kappa shape index (κ1) is 12.9. The molecule has 0 saturated carbocycles. The Kier molecular flexibility index (Phi) is 3.52. The summed E-state index contributed by atoms with van der Waals surface area (Å²) in [4.78, 5) is 11.3. The van der Waals surface area contributed by atoms with Crippen molar-refractivity contribution in [3.63, 3.8) is 0 Å². The largest absolute Gasteiger partial charge is 0.494 e. The van der Waals surface area contributed by atoms with Crippen molar-refractivity contribution in [1.82, 2.24) is 9.97 Å². The molecule has 3 aromatic rings. The lowest BCUT2D eigenvalue weighted by atomic mass is 10.2. The van der Waals surface area contributed by atoms with Crippen LogP contribution in [0.1, 0.15) is 11.1 Å². The van der Waals surface area contributed by atoms with Crippen molar-refractivity contribution in [3.05, 3.63) is 58.3 Å². The summed E-state index contributed by atoms with van der Waals surface area (Å²) >= 11 is 3.43. The standard InChI is InChI=1S/C15H12BrN3O/c16-11-1-2-14-12(7-11)13(15(20)19-14)9-18-8-10-3-5-17-6-4-10/h1-7,9,19-20H,8H2. The van der Waals surface area contributed by atoms with Crippen LogP contribution in [0.5, 0.6) is 5.88 Å². The van der Waals surface area contributed by atoms with Gasteiger partial charge in [0.15, 0.2) is 5.88 Å². The van der Waals surface area contributed by atoms with Crippen LogP contribution >= 0.6 is 15.9 Å². The number of aromatic nitrogens is 2. The van der Waals surface area contributed by atoms with E-state index in [4.69, 9.17) is 0 Å². The van der Waals surface area contributed by atoms with Gasteiger partial charge in [-0.05, 0) is 35.9 Å². The first-order chi connectivity index (χ1) is 9.74. The summed E-state index contributed by atoms with van der Waals surface area (Å²) in [6, 6.07) is 9.64. The Labute approximate surface area is 124 Å². The van der Waals surface area contributed by atoms with Crippen molar-refractivity contribution >= 4 is 33.0 Å². The number of hydrogen-bond acceptors (Lipinski definition) is 3. The van der Waals surface area contributed by atoms with Crippen molar-refractivity contribution < 1.29 is 5.11 Å². The molecule has 2 heterocycles. The molecule has 0 aliphatic heterocycles. The number of aromatic hydroxyl groups is 1. The van der Waals surface area contributed by atoms with Crippen LogP contribution in [-0.2, 0) is 6.54 Å². The number of hydrogen-bond donors (Lipinski definition) is 2. The molecule has 0 aliphatic rings. The van der Waals surface area contributed by atoms with Gasteiger partial charge in [-0.3, -0.25) is 9.98 Å². The molecule has 0 unspecified atom stereocenters. The molecule has 0 fully saturated rings. The molecule has 0 bridgehead atoms. The van der Waals surface area contributed by atoms with Gasteiger partial charge in [-0.2, -0.15) is 0 Å². The van der Waals surface area contributed by atoms with Crippen molar-refractivity contribution in [2.45, 2.75) is 6.54 Å². The average molecular weight is 330 g/mol. The Hall–Kier alpha value is -2.14. The number of nitrogens with zero attached hydrogens (tertiary/aromatic N) is 2. The summed E-state index contributed by atoms with van der Waals surface area (Å²) in [6.45, 7) is 0.558. The second-order valence-corrected chi connectivity index (χ2v) is 5.32. The third kappa shape index (κ3) is 2.58. The van der Waals surface area contributed by atoms with E-state index < -0.39 is 0 Å². The van der Waals surface area contributed by atoms with E-state index in [9.17, 15) is 5.11 Å². The highest BCUT2D eigenvalue weighted by Gasteiger charge is 2.08. The van der Waals surface area contributed by atoms with Crippen molar-refractivity contribution in [2.75, 3.05) is 0 Å². The zero-order valence-electron chi connectivity index (χ0n) is 10.5. The van der Waals surface area contributed by atoms with Crippen LogP contribution in [0.25, 0.3) is 10.9 Å². The van der Waals surface area contributed by atoms with Gasteiger partial charge in [0.05, 0.1) is 12.1 Å². The van der Waals surface area contributed by atoms with E-state index in [-0.39, 0.29) is 5.88 Å². The molecule has 2 aromatic heterocycles. The molecule has 3 rings (SSSR count). The zero-order chi connectivity index (χ0) is 13.9. The topological polar surface area (TPSA) is 61.3 Å². The minimum Gasteiger partial charge on any atom is -0.494 e. The Morgan fingerprint density at radius 3 is 2.85 bits per heavy atom. The minimum absolute atomic E-state index is 0.136. The number of nitrogens with one attached hydrogen (secondary N) is 1. The van der Waals surface area contributed by atoms with Gasteiger partial charge in [0.2, 0.25) is 0 Å². The summed E-state index contributed by atoms with van der Waals surface area (Å²) in [5, 5.41) is 10.9. The van der Waals surface area contributed by atoms with Crippen LogP contribution in [0.15, 0.2) is 52.2 Å². The van der Waals surface area contributed by atoms with E-state index in [0.717, 1.165) is 20.9 Å². The van der Waals surface area contributed by atoms with Gasteiger partial charge in [0.25, 0.3) is 0 Å². The number of pyridine rings is 1. The fourth-order valence-corrected chi connectivity index (χ4v) is 2.39. The summed E-state index contributed by atoms with van der Waals surface area (Å²) in [6.07, 6.45) is 5.18. The minimum atomic E-state index is 0.136. The Bertz CT molecular complexity index is 765. The molecule has 0 radical (unpaired) electrons. The summed E-state index contributed by atoms with van der Waals surface area (Å²) < 4.78 is 0.966. The van der Waals surface area contributed by atoms with Crippen LogP contribution in [-0.4, -0.2) is 21.3 Å². The predicted molar refractivity (Wildman–Crippen MR) is 83.2 cm³/mol. The highest BCUT2D eigenvalue weighted by molar-refractivity contribution is 9.10. The second-order valence-electron chi connectivity index (χ2n) is 4.40. The lowest BCUT2D eigenvalue weighted by Crippen LogP contribution is -1.84. The van der Waals surface area contributed by atoms with Crippen LogP contribution < -0.4 is 0 Å². The normalized spacial score (nSPS) is 11.4. The molecule has 20 heavy (non-hydrogen) atoms. The first-order valence-electron chi connectivity index (χ1n) is 6.13. The van der Waals surface area contributed by atoms with E-state index in [0.29, 0.717) is 12.1 Å². The van der Waals surface area contributed by atoms with Crippen LogP contribution in [0.3, 0.4) is 0 Å². The average Bonchev–Trinajstić information content (AvgIpc) is 2.76. The molecule has 4 nitrogen and oxygen atoms in total. The highest BCUT2D eigenvalue weighted by Crippen LogP contribution is 2.28. The van der Waals surface area contributed by atoms with Gasteiger partial charge >= 0.3 is 0 Å². The monoisotopic (exact) mass is 329 g/mol. The molecule has 0 aliphatic carbocycles. The Morgan fingerprint density at radius 1 is 1.25 bits per heavy atom. The molecular weight excluding hydrogens is 318 g/mol. The summed E-state index contributed by atoms with van der Waals surface area (Å²) in [7, 11) is 0. The Morgan fingerprint density at radius 2 is 2.05 bits per heavy atom. The lowest BCUT2D eigenvalue weighted by molar-refractivity contribution is 0.457. The molecule has 1 aromatic carbocycles. The molecule has 0 amide bonds. The number of aromatic amines is 1. The van der Waals surface area contributed by atoms with Crippen molar-refractivity contribution in [3.8, 4) is 5.88 Å². The SMILES string of the molecule is Oc1[nH]c2ccc(Br)cc2c1C=NCc1ccncc1. The van der Waals surface area contributed by atoms with E-state index in [1.54, 1.807) is 18.6 Å². The third-order valence-electron chi connectivity index (χ3n) is 3.02. The first-order valence-corrected chi connectivity index (χ1v) is 6.92. The molecule has 100 valence electrons. The highest BCUT2D eigenvalue weighted by atomic mass is 79.9. The fraction of sp³-hybridized carbons (Fsp3) is 0.0667. The quantitative estimate of drug-likeness (QED) is 0.720. The van der Waals surface area contributed by atoms with E-state index in [2.05, 4.69) is 30.9 Å². The van der Waals surface area contributed by atoms with E-state index >= 15 is 0 Å². The zero-order valence-corrected chi connectivity index (χ0v) is 12.1. The molecule has 5 heteroatoms. The second kappa shape index (κ2) is 5.46. The maximum Gasteiger partial charge on any atom is 0.198 e. The van der Waals surface area contributed by atoms with Crippen LogP contribution in [0.4, 0.5) is 0 Å². The Balaban J connectivity index is 1.90. The maximum absolute atomic E-state index is 9.95. The number of fused-ring (bicyclic) bond motifs is 1. The summed E-state index contributed by atoms with van der Waals surface area (Å²) in [5.74, 6) is 0.136. The molecular formula is C15H12BrN3O. The predicted octanol–water partition coefficient (Wildman–Crippen LogP) is 3.65. The number of halogens is 1. The molecule has 0 atom stereocenters. The lowest BCUT2D eigenvalue weighted by Gasteiger charge is -1.96. The van der Waals surface area contributed by atoms with Gasteiger partial charge in [-0.15, -0.1) is 0 Å². The number of aliphatic imine (C=N–C) groups is 1. The van der Waals surface area contributed by atoms with E-state index in [1.807, 2.05) is 30.3 Å².